The van der Waals surface area contributed by atoms with Crippen LogP contribution in [0.1, 0.15) is 21.6 Å². The first-order valence-electron chi connectivity index (χ1n) is 8.79. The Morgan fingerprint density at radius 3 is 2.43 bits per heavy atom. The molecule has 2 N–H and O–H groups in total. The van der Waals surface area contributed by atoms with E-state index in [-0.39, 0.29) is 5.91 Å². The molecule has 0 saturated carbocycles. The van der Waals surface area contributed by atoms with Gasteiger partial charge in [-0.25, -0.2) is 9.97 Å². The van der Waals surface area contributed by atoms with Crippen LogP contribution in [0.4, 0.5) is 5.82 Å². The van der Waals surface area contributed by atoms with Crippen LogP contribution in [-0.4, -0.2) is 33.0 Å². The zero-order valence-electron chi connectivity index (χ0n) is 15.8. The number of nitrogens with one attached hydrogen (secondary N) is 2. The Bertz CT molecular complexity index is 1150. The van der Waals surface area contributed by atoms with Crippen molar-refractivity contribution in [3.63, 3.8) is 0 Å². The molecule has 3 heterocycles. The lowest BCUT2D eigenvalue weighted by atomic mass is 10.1. The van der Waals surface area contributed by atoms with Crippen LogP contribution >= 0.6 is 0 Å². The first kappa shape index (κ1) is 17.7. The monoisotopic (exact) mass is 373 g/mol. The van der Waals surface area contributed by atoms with E-state index < -0.39 is 0 Å². The summed E-state index contributed by atoms with van der Waals surface area (Å²) >= 11 is 0. The first-order valence-corrected chi connectivity index (χ1v) is 8.79. The Kier molecular flexibility index (Phi) is 4.49. The minimum Gasteiger partial charge on any atom is -0.497 e. The van der Waals surface area contributed by atoms with Gasteiger partial charge in [-0.2, -0.15) is 0 Å². The summed E-state index contributed by atoms with van der Waals surface area (Å²) in [6.45, 7) is 3.95. The molecular weight excluding hydrogens is 354 g/mol. The Labute approximate surface area is 161 Å². The fourth-order valence-electron chi connectivity index (χ4n) is 3.01. The maximum Gasteiger partial charge on any atom is 0.256 e. The van der Waals surface area contributed by atoms with Gasteiger partial charge in [0.05, 0.1) is 12.5 Å². The molecule has 4 rings (SSSR count). The standard InChI is InChI=1S/C21H19N5O2/c1-12-13(2)23-19-17(12)20(25-18(24-19)14-8-10-22-11-9-14)26-21(27)15-4-6-16(28-3)7-5-15/h4-11H,1-3H3,(H2,23,24,25,26,27). The third-order valence-corrected chi connectivity index (χ3v) is 4.68. The first-order chi connectivity index (χ1) is 13.6. The molecule has 140 valence electrons. The number of carbonyl (C=O) groups is 1. The smallest absolute Gasteiger partial charge is 0.256 e. The van der Waals surface area contributed by atoms with Crippen molar-refractivity contribution in [3.05, 3.63) is 65.6 Å². The van der Waals surface area contributed by atoms with Crippen molar-refractivity contribution in [2.24, 2.45) is 0 Å². The summed E-state index contributed by atoms with van der Waals surface area (Å²) in [6, 6.07) is 10.6. The van der Waals surface area contributed by atoms with Gasteiger partial charge >= 0.3 is 0 Å². The van der Waals surface area contributed by atoms with E-state index in [4.69, 9.17) is 4.74 Å². The molecule has 28 heavy (non-hydrogen) atoms. The van der Waals surface area contributed by atoms with E-state index in [2.05, 4.69) is 25.3 Å². The predicted molar refractivity (Wildman–Crippen MR) is 108 cm³/mol. The number of aromatic amines is 1. The number of aryl methyl sites for hydroxylation is 2. The molecule has 1 amide bonds. The third-order valence-electron chi connectivity index (χ3n) is 4.68. The number of hydrogen-bond acceptors (Lipinski definition) is 5. The summed E-state index contributed by atoms with van der Waals surface area (Å²) in [7, 11) is 1.59. The van der Waals surface area contributed by atoms with Gasteiger partial charge in [0, 0.05) is 29.2 Å². The molecular formula is C21H19N5O2. The summed E-state index contributed by atoms with van der Waals surface area (Å²) in [5, 5.41) is 3.74. The highest BCUT2D eigenvalue weighted by Gasteiger charge is 2.17. The molecule has 3 aromatic heterocycles. The summed E-state index contributed by atoms with van der Waals surface area (Å²) in [4.78, 5) is 29.4. The van der Waals surface area contributed by atoms with E-state index in [1.807, 2.05) is 26.0 Å². The molecule has 0 bridgehead atoms. The Morgan fingerprint density at radius 1 is 1.04 bits per heavy atom. The van der Waals surface area contributed by atoms with E-state index in [1.54, 1.807) is 43.8 Å². The normalized spacial score (nSPS) is 10.8. The second-order valence-electron chi connectivity index (χ2n) is 6.41. The van der Waals surface area contributed by atoms with Gasteiger partial charge in [0.15, 0.2) is 5.82 Å². The average Bonchev–Trinajstić information content (AvgIpc) is 3.02. The third kappa shape index (κ3) is 3.18. The van der Waals surface area contributed by atoms with Crippen molar-refractivity contribution in [1.29, 1.82) is 0 Å². The molecule has 0 spiro atoms. The largest absolute Gasteiger partial charge is 0.497 e. The Morgan fingerprint density at radius 2 is 1.75 bits per heavy atom. The number of nitrogens with zero attached hydrogens (tertiary/aromatic N) is 3. The summed E-state index contributed by atoms with van der Waals surface area (Å²) in [6.07, 6.45) is 3.37. The molecule has 0 unspecified atom stereocenters. The lowest BCUT2D eigenvalue weighted by Crippen LogP contribution is -2.14. The zero-order valence-corrected chi connectivity index (χ0v) is 15.8. The van der Waals surface area contributed by atoms with Crippen LogP contribution in [0.15, 0.2) is 48.8 Å². The van der Waals surface area contributed by atoms with E-state index in [0.29, 0.717) is 28.6 Å². The van der Waals surface area contributed by atoms with E-state index in [0.717, 1.165) is 22.2 Å². The molecule has 1 aromatic carbocycles. The molecule has 0 aliphatic carbocycles. The molecule has 7 nitrogen and oxygen atoms in total. The van der Waals surface area contributed by atoms with Crippen LogP contribution in [0.2, 0.25) is 0 Å². The van der Waals surface area contributed by atoms with Gasteiger partial charge in [-0.3, -0.25) is 9.78 Å². The van der Waals surface area contributed by atoms with Gasteiger partial charge in [-0.1, -0.05) is 0 Å². The van der Waals surface area contributed by atoms with Crippen LogP contribution in [-0.2, 0) is 0 Å². The van der Waals surface area contributed by atoms with Gasteiger partial charge in [0.25, 0.3) is 5.91 Å². The molecule has 0 aliphatic heterocycles. The number of methoxy groups -OCH3 is 1. The minimum absolute atomic E-state index is 0.249. The molecule has 0 radical (unpaired) electrons. The number of carbonyl (C=O) groups excluding carboxylic acids is 1. The number of H-pyrrole nitrogens is 1. The summed E-state index contributed by atoms with van der Waals surface area (Å²) < 4.78 is 5.15. The van der Waals surface area contributed by atoms with Crippen LogP contribution in [0.5, 0.6) is 5.75 Å². The van der Waals surface area contributed by atoms with Crippen molar-refractivity contribution in [3.8, 4) is 17.1 Å². The second kappa shape index (κ2) is 7.11. The van der Waals surface area contributed by atoms with Crippen LogP contribution in [0, 0.1) is 13.8 Å². The Hall–Kier alpha value is -3.74. The van der Waals surface area contributed by atoms with Crippen molar-refractivity contribution in [1.82, 2.24) is 19.9 Å². The SMILES string of the molecule is COc1ccc(C(=O)Nc2nc(-c3ccncc3)nc3[nH]c(C)c(C)c23)cc1. The quantitative estimate of drug-likeness (QED) is 0.566. The fraction of sp³-hybridized carbons (Fsp3) is 0.143. The maximum atomic E-state index is 12.8. The van der Waals surface area contributed by atoms with Gasteiger partial charge in [0.1, 0.15) is 17.2 Å². The highest BCUT2D eigenvalue weighted by Crippen LogP contribution is 2.29. The van der Waals surface area contributed by atoms with E-state index in [1.165, 1.54) is 0 Å². The zero-order chi connectivity index (χ0) is 19.7. The highest BCUT2D eigenvalue weighted by molar-refractivity contribution is 6.08. The highest BCUT2D eigenvalue weighted by atomic mass is 16.5. The molecule has 0 atom stereocenters. The lowest BCUT2D eigenvalue weighted by Gasteiger charge is -2.09. The van der Waals surface area contributed by atoms with Crippen LogP contribution in [0.3, 0.4) is 0 Å². The van der Waals surface area contributed by atoms with E-state index in [9.17, 15) is 4.79 Å². The number of fused-ring (bicyclic) bond motifs is 1. The number of anilines is 1. The maximum absolute atomic E-state index is 12.8. The van der Waals surface area contributed by atoms with Crippen molar-refractivity contribution < 1.29 is 9.53 Å². The van der Waals surface area contributed by atoms with Crippen LogP contribution < -0.4 is 10.1 Å². The minimum atomic E-state index is -0.249. The number of hydrogen-bond donors (Lipinski definition) is 2. The number of rotatable bonds is 4. The van der Waals surface area contributed by atoms with Gasteiger partial charge in [-0.15, -0.1) is 0 Å². The molecule has 7 heteroatoms. The van der Waals surface area contributed by atoms with Gasteiger partial charge in [-0.05, 0) is 55.8 Å². The van der Waals surface area contributed by atoms with Gasteiger partial charge < -0.3 is 15.0 Å². The van der Waals surface area contributed by atoms with E-state index >= 15 is 0 Å². The van der Waals surface area contributed by atoms with Crippen molar-refractivity contribution in [2.45, 2.75) is 13.8 Å². The number of ether oxygens (including phenoxy) is 1. The Balaban J connectivity index is 1.78. The number of amides is 1. The molecule has 0 fully saturated rings. The number of aromatic nitrogens is 4. The average molecular weight is 373 g/mol. The molecule has 0 saturated heterocycles. The summed E-state index contributed by atoms with van der Waals surface area (Å²) in [5.74, 6) is 1.43. The summed E-state index contributed by atoms with van der Waals surface area (Å²) in [5.41, 5.74) is 4.00. The predicted octanol–water partition coefficient (Wildman–Crippen LogP) is 3.90. The topological polar surface area (TPSA) is 92.8 Å². The second-order valence-corrected chi connectivity index (χ2v) is 6.41. The fourth-order valence-corrected chi connectivity index (χ4v) is 3.01. The van der Waals surface area contributed by atoms with Crippen LogP contribution in [0.25, 0.3) is 22.4 Å². The molecule has 4 aromatic rings. The lowest BCUT2D eigenvalue weighted by molar-refractivity contribution is 0.102. The van der Waals surface area contributed by atoms with Crippen molar-refractivity contribution >= 4 is 22.8 Å². The van der Waals surface area contributed by atoms with Crippen molar-refractivity contribution in [2.75, 3.05) is 12.4 Å². The number of benzene rings is 1. The van der Waals surface area contributed by atoms with Gasteiger partial charge in [0.2, 0.25) is 0 Å². The molecule has 0 aliphatic rings. The number of pyridine rings is 1.